The largest absolute Gasteiger partial charge is 0.385 e. The first-order valence-electron chi connectivity index (χ1n) is 6.02. The van der Waals surface area contributed by atoms with Crippen LogP contribution >= 0.6 is 50.7 Å². The Balaban J connectivity index is 2.40. The molecule has 0 fully saturated rings. The third-order valence-electron chi connectivity index (χ3n) is 3.14. The normalized spacial score (nSPS) is 14.0. The number of halogens is 5. The van der Waals surface area contributed by atoms with E-state index in [2.05, 4.69) is 15.9 Å². The van der Waals surface area contributed by atoms with E-state index in [9.17, 15) is 9.50 Å². The highest BCUT2D eigenvalue weighted by Gasteiger charge is 2.28. The van der Waals surface area contributed by atoms with Crippen LogP contribution in [0.25, 0.3) is 0 Å². The van der Waals surface area contributed by atoms with Crippen molar-refractivity contribution in [2.45, 2.75) is 18.9 Å². The summed E-state index contributed by atoms with van der Waals surface area (Å²) in [5.74, 6) is -0.627. The maximum atomic E-state index is 13.6. The summed E-state index contributed by atoms with van der Waals surface area (Å²) < 4.78 is 14.5. The van der Waals surface area contributed by atoms with Gasteiger partial charge in [0.1, 0.15) is 5.82 Å². The van der Waals surface area contributed by atoms with Crippen molar-refractivity contribution < 1.29 is 9.50 Å². The zero-order valence-corrected chi connectivity index (χ0v) is 14.8. The number of hydrogen-bond acceptors (Lipinski definition) is 1. The Morgan fingerprint density at radius 2 is 1.76 bits per heavy atom. The van der Waals surface area contributed by atoms with Gasteiger partial charge in [-0.05, 0) is 36.8 Å². The Bertz CT molecular complexity index is 689. The molecule has 0 saturated heterocycles. The first-order valence-corrected chi connectivity index (χ1v) is 7.95. The summed E-state index contributed by atoms with van der Waals surface area (Å²) in [6.45, 7) is 1.56. The van der Waals surface area contributed by atoms with Crippen molar-refractivity contribution in [3.05, 3.63) is 66.8 Å². The molecule has 1 unspecified atom stereocenters. The fourth-order valence-electron chi connectivity index (χ4n) is 2.07. The summed E-state index contributed by atoms with van der Waals surface area (Å²) in [6, 6.07) is 7.78. The standard InChI is InChI=1S/C15H11BrCl3FO/c1-15(21,7-8-2-3-9(16)4-11(8)17)10-5-14(20)13(19)6-12(10)18/h2-6,21H,7H2,1H3. The highest BCUT2D eigenvalue weighted by atomic mass is 79.9. The van der Waals surface area contributed by atoms with Gasteiger partial charge in [0.15, 0.2) is 0 Å². The predicted octanol–water partition coefficient (Wildman–Crippen LogP) is 6.00. The average molecular weight is 413 g/mol. The summed E-state index contributed by atoms with van der Waals surface area (Å²) >= 11 is 21.2. The molecule has 112 valence electrons. The van der Waals surface area contributed by atoms with Crippen molar-refractivity contribution in [2.24, 2.45) is 0 Å². The Labute approximate surface area is 145 Å². The van der Waals surface area contributed by atoms with Crippen molar-refractivity contribution in [1.29, 1.82) is 0 Å². The lowest BCUT2D eigenvalue weighted by Gasteiger charge is -2.26. The van der Waals surface area contributed by atoms with Crippen molar-refractivity contribution in [3.8, 4) is 0 Å². The van der Waals surface area contributed by atoms with Crippen LogP contribution < -0.4 is 0 Å². The molecule has 0 aromatic heterocycles. The Morgan fingerprint density at radius 1 is 1.10 bits per heavy atom. The van der Waals surface area contributed by atoms with E-state index in [0.717, 1.165) is 16.1 Å². The zero-order chi connectivity index (χ0) is 15.8. The lowest BCUT2D eigenvalue weighted by Crippen LogP contribution is -2.25. The zero-order valence-electron chi connectivity index (χ0n) is 10.9. The molecule has 2 aromatic carbocycles. The molecule has 0 heterocycles. The molecule has 2 rings (SSSR count). The fraction of sp³-hybridized carbons (Fsp3) is 0.200. The quantitative estimate of drug-likeness (QED) is 0.613. The molecule has 0 amide bonds. The number of aliphatic hydroxyl groups is 1. The maximum Gasteiger partial charge on any atom is 0.142 e. The summed E-state index contributed by atoms with van der Waals surface area (Å²) in [7, 11) is 0. The van der Waals surface area contributed by atoms with Gasteiger partial charge in [-0.15, -0.1) is 0 Å². The van der Waals surface area contributed by atoms with Crippen LogP contribution in [0.3, 0.4) is 0 Å². The summed E-state index contributed by atoms with van der Waals surface area (Å²) in [6.07, 6.45) is 0.194. The van der Waals surface area contributed by atoms with E-state index in [-0.39, 0.29) is 22.0 Å². The Hall–Kier alpha value is -0.320. The summed E-state index contributed by atoms with van der Waals surface area (Å²) in [4.78, 5) is 0. The third-order valence-corrected chi connectivity index (χ3v) is 4.59. The van der Waals surface area contributed by atoms with Crippen LogP contribution in [0.4, 0.5) is 4.39 Å². The minimum absolute atomic E-state index is 0.0822. The van der Waals surface area contributed by atoms with Gasteiger partial charge in [-0.1, -0.05) is 56.8 Å². The van der Waals surface area contributed by atoms with Gasteiger partial charge in [0.2, 0.25) is 0 Å². The first-order chi connectivity index (χ1) is 9.70. The van der Waals surface area contributed by atoms with Gasteiger partial charge in [-0.25, -0.2) is 4.39 Å². The highest BCUT2D eigenvalue weighted by molar-refractivity contribution is 9.10. The molecular weight excluding hydrogens is 401 g/mol. The van der Waals surface area contributed by atoms with Gasteiger partial charge >= 0.3 is 0 Å². The molecule has 1 N–H and O–H groups in total. The van der Waals surface area contributed by atoms with E-state index in [0.29, 0.717) is 5.02 Å². The second-order valence-electron chi connectivity index (χ2n) is 4.93. The molecule has 0 radical (unpaired) electrons. The average Bonchev–Trinajstić information content (AvgIpc) is 2.37. The Morgan fingerprint density at radius 3 is 2.38 bits per heavy atom. The van der Waals surface area contributed by atoms with Crippen LogP contribution in [0.2, 0.25) is 15.1 Å². The summed E-state index contributed by atoms with van der Waals surface area (Å²) in [5, 5.41) is 11.3. The minimum atomic E-state index is -1.38. The van der Waals surface area contributed by atoms with Crippen molar-refractivity contribution in [2.75, 3.05) is 0 Å². The smallest absolute Gasteiger partial charge is 0.142 e. The van der Waals surface area contributed by atoms with Crippen LogP contribution in [-0.4, -0.2) is 5.11 Å². The van der Waals surface area contributed by atoms with E-state index in [1.165, 1.54) is 6.07 Å². The van der Waals surface area contributed by atoms with Crippen molar-refractivity contribution in [3.63, 3.8) is 0 Å². The molecule has 21 heavy (non-hydrogen) atoms. The van der Waals surface area contributed by atoms with Gasteiger partial charge < -0.3 is 5.11 Å². The molecular formula is C15H11BrCl3FO. The number of benzene rings is 2. The second kappa shape index (κ2) is 6.43. The maximum absolute atomic E-state index is 13.6. The van der Waals surface area contributed by atoms with Crippen LogP contribution in [0.15, 0.2) is 34.8 Å². The molecule has 0 aliphatic heterocycles. The molecule has 2 aromatic rings. The number of hydrogen-bond donors (Lipinski definition) is 1. The highest BCUT2D eigenvalue weighted by Crippen LogP contribution is 2.36. The van der Waals surface area contributed by atoms with Gasteiger partial charge in [-0.3, -0.25) is 0 Å². The lowest BCUT2D eigenvalue weighted by molar-refractivity contribution is 0.0574. The topological polar surface area (TPSA) is 20.2 Å². The van der Waals surface area contributed by atoms with Crippen molar-refractivity contribution >= 4 is 50.7 Å². The molecule has 1 atom stereocenters. The number of rotatable bonds is 3. The third kappa shape index (κ3) is 3.91. The van der Waals surface area contributed by atoms with Crippen molar-refractivity contribution in [1.82, 2.24) is 0 Å². The monoisotopic (exact) mass is 410 g/mol. The van der Waals surface area contributed by atoms with E-state index in [4.69, 9.17) is 34.8 Å². The van der Waals surface area contributed by atoms with Crippen LogP contribution in [-0.2, 0) is 12.0 Å². The molecule has 0 aliphatic rings. The predicted molar refractivity (Wildman–Crippen MR) is 88.8 cm³/mol. The second-order valence-corrected chi connectivity index (χ2v) is 7.07. The van der Waals surface area contributed by atoms with E-state index in [1.807, 2.05) is 6.07 Å². The minimum Gasteiger partial charge on any atom is -0.385 e. The van der Waals surface area contributed by atoms with E-state index >= 15 is 0 Å². The fourth-order valence-corrected chi connectivity index (χ4v) is 3.39. The van der Waals surface area contributed by atoms with Gasteiger partial charge in [0.25, 0.3) is 0 Å². The van der Waals surface area contributed by atoms with Gasteiger partial charge in [-0.2, -0.15) is 0 Å². The molecule has 0 aliphatic carbocycles. The van der Waals surface area contributed by atoms with Gasteiger partial charge in [0.05, 0.1) is 10.6 Å². The molecule has 0 spiro atoms. The summed E-state index contributed by atoms with van der Waals surface area (Å²) in [5.41, 5.74) is -0.374. The van der Waals surface area contributed by atoms with Crippen LogP contribution in [0.1, 0.15) is 18.1 Å². The molecule has 6 heteroatoms. The Kier molecular flexibility index (Phi) is 5.22. The van der Waals surface area contributed by atoms with Crippen LogP contribution in [0, 0.1) is 5.82 Å². The van der Waals surface area contributed by atoms with Crippen LogP contribution in [0.5, 0.6) is 0 Å². The molecule has 0 saturated carbocycles. The molecule has 1 nitrogen and oxygen atoms in total. The van der Waals surface area contributed by atoms with E-state index < -0.39 is 11.4 Å². The van der Waals surface area contributed by atoms with E-state index in [1.54, 1.807) is 19.1 Å². The molecule has 0 bridgehead atoms. The first kappa shape index (κ1) is 17.0. The SMILES string of the molecule is CC(O)(Cc1ccc(Br)cc1Cl)c1cc(F)c(Cl)cc1Cl. The lowest BCUT2D eigenvalue weighted by atomic mass is 9.89. The van der Waals surface area contributed by atoms with Gasteiger partial charge in [0, 0.05) is 26.5 Å².